The van der Waals surface area contributed by atoms with E-state index >= 15 is 0 Å². The zero-order valence-electron chi connectivity index (χ0n) is 20.4. The van der Waals surface area contributed by atoms with Crippen molar-refractivity contribution in [1.29, 1.82) is 0 Å². The van der Waals surface area contributed by atoms with Gasteiger partial charge < -0.3 is 10.6 Å². The average molecular weight is 502 g/mol. The summed E-state index contributed by atoms with van der Waals surface area (Å²) in [6.45, 7) is 5.45. The van der Waals surface area contributed by atoms with Crippen molar-refractivity contribution >= 4 is 17.1 Å². The summed E-state index contributed by atoms with van der Waals surface area (Å²) in [5.41, 5.74) is 0.943. The van der Waals surface area contributed by atoms with Crippen molar-refractivity contribution < 1.29 is 4.79 Å². The maximum atomic E-state index is 12.8. The summed E-state index contributed by atoms with van der Waals surface area (Å²) in [6.07, 6.45) is 3.28. The van der Waals surface area contributed by atoms with Gasteiger partial charge in [0.15, 0.2) is 17.0 Å². The van der Waals surface area contributed by atoms with Crippen LogP contribution in [0.3, 0.4) is 0 Å². The number of benzene rings is 1. The van der Waals surface area contributed by atoms with Gasteiger partial charge in [-0.15, -0.1) is 10.2 Å². The van der Waals surface area contributed by atoms with Gasteiger partial charge in [0.2, 0.25) is 0 Å². The van der Waals surface area contributed by atoms with Gasteiger partial charge in [0.25, 0.3) is 11.5 Å². The van der Waals surface area contributed by atoms with Crippen LogP contribution in [-0.4, -0.2) is 79.4 Å². The second-order valence-electron chi connectivity index (χ2n) is 8.83. The molecule has 0 radical (unpaired) electrons. The highest BCUT2D eigenvalue weighted by Crippen LogP contribution is 2.16. The number of pyridine rings is 1. The quantitative estimate of drug-likeness (QED) is 0.347. The van der Waals surface area contributed by atoms with Gasteiger partial charge in [0.05, 0.1) is 6.54 Å². The summed E-state index contributed by atoms with van der Waals surface area (Å²) in [4.78, 5) is 49.0. The Hall–Kier alpha value is -4.29. The number of nitrogens with one attached hydrogen (secondary N) is 2. The first-order valence-corrected chi connectivity index (χ1v) is 12.1. The summed E-state index contributed by atoms with van der Waals surface area (Å²) < 4.78 is 2.36. The van der Waals surface area contributed by atoms with Gasteiger partial charge in [0.1, 0.15) is 0 Å². The van der Waals surface area contributed by atoms with Gasteiger partial charge in [-0.1, -0.05) is 18.2 Å². The molecule has 0 bridgehead atoms. The minimum Gasteiger partial charge on any atom is -0.351 e. The number of carbonyl (C=O) groups is 1. The lowest BCUT2D eigenvalue weighted by atomic mass is 10.1. The third-order valence-corrected chi connectivity index (χ3v) is 6.34. The maximum absolute atomic E-state index is 12.8. The van der Waals surface area contributed by atoms with Crippen LogP contribution in [0.1, 0.15) is 15.9 Å². The number of carbonyl (C=O) groups excluding carboxylic acids is 1. The van der Waals surface area contributed by atoms with Crippen LogP contribution in [0.15, 0.2) is 58.4 Å². The summed E-state index contributed by atoms with van der Waals surface area (Å²) in [5.74, 6) is 0.0642. The van der Waals surface area contributed by atoms with E-state index in [9.17, 15) is 14.4 Å². The molecule has 2 N–H and O–H groups in total. The van der Waals surface area contributed by atoms with Crippen LogP contribution < -0.4 is 21.9 Å². The normalized spacial score (nSPS) is 14.1. The van der Waals surface area contributed by atoms with E-state index in [0.29, 0.717) is 17.7 Å². The monoisotopic (exact) mass is 501 g/mol. The second-order valence-corrected chi connectivity index (χ2v) is 8.83. The van der Waals surface area contributed by atoms with Crippen LogP contribution in [0.25, 0.3) is 22.6 Å². The molecular weight excluding hydrogens is 474 g/mol. The van der Waals surface area contributed by atoms with Crippen LogP contribution >= 0.6 is 0 Å². The molecule has 0 aliphatic carbocycles. The predicted octanol–water partition coefficient (Wildman–Crippen LogP) is -0.369. The van der Waals surface area contributed by atoms with Gasteiger partial charge in [0, 0.05) is 69.8 Å². The molecule has 12 heteroatoms. The molecule has 5 rings (SSSR count). The van der Waals surface area contributed by atoms with Gasteiger partial charge >= 0.3 is 5.69 Å². The third-order valence-electron chi connectivity index (χ3n) is 6.34. The van der Waals surface area contributed by atoms with Crippen molar-refractivity contribution in [2.75, 3.05) is 39.3 Å². The zero-order valence-corrected chi connectivity index (χ0v) is 20.4. The van der Waals surface area contributed by atoms with Crippen LogP contribution in [0.2, 0.25) is 0 Å². The fourth-order valence-electron chi connectivity index (χ4n) is 4.24. The molecule has 0 spiro atoms. The molecule has 12 nitrogen and oxygen atoms in total. The molecule has 1 aliphatic rings. The molecule has 190 valence electrons. The Kier molecular flexibility index (Phi) is 7.10. The fraction of sp³-hybridized carbons (Fsp3) is 0.320. The Bertz CT molecular complexity index is 1530. The van der Waals surface area contributed by atoms with Crippen LogP contribution in [0.5, 0.6) is 0 Å². The van der Waals surface area contributed by atoms with E-state index in [2.05, 4.69) is 35.7 Å². The highest BCUT2D eigenvalue weighted by atomic mass is 16.2. The summed E-state index contributed by atoms with van der Waals surface area (Å²) in [5, 5.41) is 14.6. The highest BCUT2D eigenvalue weighted by molar-refractivity contribution is 5.94. The number of hydrogen-bond donors (Lipinski definition) is 2. The molecule has 0 atom stereocenters. The average Bonchev–Trinajstić information content (AvgIpc) is 2.95. The Balaban J connectivity index is 1.36. The fourth-order valence-corrected chi connectivity index (χ4v) is 4.24. The van der Waals surface area contributed by atoms with Gasteiger partial charge in [-0.05, 0) is 23.8 Å². The smallest absolute Gasteiger partial charge is 0.332 e. The molecule has 1 amide bonds. The molecule has 1 aromatic carbocycles. The Morgan fingerprint density at radius 1 is 1.08 bits per heavy atom. The van der Waals surface area contributed by atoms with Gasteiger partial charge in [-0.2, -0.15) is 0 Å². The molecule has 0 saturated carbocycles. The van der Waals surface area contributed by atoms with E-state index in [1.165, 1.54) is 11.6 Å². The molecule has 1 aliphatic heterocycles. The maximum Gasteiger partial charge on any atom is 0.332 e. The second kappa shape index (κ2) is 10.8. The highest BCUT2D eigenvalue weighted by Gasteiger charge is 2.17. The molecular formula is C25H27N9O3. The minimum atomic E-state index is -0.556. The van der Waals surface area contributed by atoms with E-state index in [-0.39, 0.29) is 29.4 Å². The number of rotatable bonds is 7. The molecule has 37 heavy (non-hydrogen) atoms. The van der Waals surface area contributed by atoms with Crippen LogP contribution in [0, 0.1) is 0 Å². The SMILES string of the molecule is Cn1c(=O)c2nc(-c3ccc(C(=O)NCCN4CCNCC4)cc3)nnc2n(Cc2cccnc2)c1=O. The lowest BCUT2D eigenvalue weighted by Gasteiger charge is -2.27. The van der Waals surface area contributed by atoms with Crippen LogP contribution in [0.4, 0.5) is 0 Å². The predicted molar refractivity (Wildman–Crippen MR) is 137 cm³/mol. The summed E-state index contributed by atoms with van der Waals surface area (Å²) in [6, 6.07) is 10.4. The van der Waals surface area contributed by atoms with E-state index in [4.69, 9.17) is 0 Å². The summed E-state index contributed by atoms with van der Waals surface area (Å²) in [7, 11) is 1.40. The number of fused-ring (bicyclic) bond motifs is 1. The van der Waals surface area contributed by atoms with Gasteiger partial charge in [-0.3, -0.25) is 28.6 Å². The van der Waals surface area contributed by atoms with Crippen molar-refractivity contribution in [1.82, 2.24) is 44.8 Å². The molecule has 3 aromatic heterocycles. The lowest BCUT2D eigenvalue weighted by molar-refractivity contribution is 0.0947. The van der Waals surface area contributed by atoms with E-state index in [0.717, 1.165) is 42.9 Å². The molecule has 4 aromatic rings. The first kappa shape index (κ1) is 24.4. The number of hydrogen-bond acceptors (Lipinski definition) is 9. The lowest BCUT2D eigenvalue weighted by Crippen LogP contribution is -2.46. The molecule has 0 unspecified atom stereocenters. The first-order valence-electron chi connectivity index (χ1n) is 12.1. The van der Waals surface area contributed by atoms with Crippen molar-refractivity contribution in [2.24, 2.45) is 7.05 Å². The number of nitrogens with zero attached hydrogens (tertiary/aromatic N) is 7. The Morgan fingerprint density at radius 3 is 2.59 bits per heavy atom. The van der Waals surface area contributed by atoms with Crippen molar-refractivity contribution in [3.63, 3.8) is 0 Å². The third kappa shape index (κ3) is 5.29. The number of aromatic nitrogens is 6. The molecule has 4 heterocycles. The number of piperazine rings is 1. The van der Waals surface area contributed by atoms with Crippen LogP contribution in [-0.2, 0) is 13.6 Å². The van der Waals surface area contributed by atoms with Crippen molar-refractivity contribution in [2.45, 2.75) is 6.54 Å². The summed E-state index contributed by atoms with van der Waals surface area (Å²) >= 11 is 0. The number of amides is 1. The van der Waals surface area contributed by atoms with E-state index in [1.54, 1.807) is 42.7 Å². The molecule has 1 saturated heterocycles. The van der Waals surface area contributed by atoms with E-state index in [1.807, 2.05) is 6.07 Å². The topological polar surface area (TPSA) is 140 Å². The zero-order chi connectivity index (χ0) is 25.8. The standard InChI is InChI=1S/C25H27N9O3/c1-32-24(36)20-22(34(25(32)37)16-17-3-2-8-27-15-17)31-30-21(29-20)18-4-6-19(7-5-18)23(35)28-11-14-33-12-9-26-10-13-33/h2-8,15,26H,9-14,16H2,1H3,(H,28,35). The Labute approximate surface area is 212 Å². The van der Waals surface area contributed by atoms with Crippen molar-refractivity contribution in [3.05, 3.63) is 80.8 Å². The molecule has 1 fully saturated rings. The first-order chi connectivity index (χ1) is 18.0. The minimum absolute atomic E-state index is 0.0331. The van der Waals surface area contributed by atoms with Gasteiger partial charge in [-0.25, -0.2) is 9.78 Å². The van der Waals surface area contributed by atoms with Crippen molar-refractivity contribution in [3.8, 4) is 11.4 Å². The Morgan fingerprint density at radius 2 is 1.86 bits per heavy atom. The van der Waals surface area contributed by atoms with E-state index < -0.39 is 11.2 Å². The largest absolute Gasteiger partial charge is 0.351 e.